The average Bonchev–Trinajstić information content (AvgIpc) is 3.35. The molecule has 5 rings (SSSR count). The van der Waals surface area contributed by atoms with E-state index in [2.05, 4.69) is 20.8 Å². The molecule has 1 aliphatic rings. The first-order valence-corrected chi connectivity index (χ1v) is 13.7. The fourth-order valence-electron chi connectivity index (χ4n) is 4.20. The molecule has 42 heavy (non-hydrogen) atoms. The van der Waals surface area contributed by atoms with Crippen LogP contribution in [0.15, 0.2) is 95.1 Å². The smallest absolute Gasteiger partial charge is 0.344 e. The number of amidine groups is 1. The summed E-state index contributed by atoms with van der Waals surface area (Å²) in [5, 5.41) is 14.9. The van der Waals surface area contributed by atoms with Crippen LogP contribution < -0.4 is 24.8 Å². The number of anilines is 1. The molecule has 4 aromatic carbocycles. The molecule has 1 saturated heterocycles. The van der Waals surface area contributed by atoms with Crippen LogP contribution in [0, 0.1) is 0 Å². The summed E-state index contributed by atoms with van der Waals surface area (Å²) in [5.74, 6) is 0.117. The van der Waals surface area contributed by atoms with Crippen LogP contribution in [0.3, 0.4) is 0 Å². The zero-order valence-electron chi connectivity index (χ0n) is 22.7. The van der Waals surface area contributed by atoms with Crippen molar-refractivity contribution in [2.75, 3.05) is 19.5 Å². The second-order valence-corrected chi connectivity index (χ2v) is 10.2. The van der Waals surface area contributed by atoms with E-state index in [1.54, 1.807) is 61.7 Å². The molecule has 0 bridgehead atoms. The number of esters is 1. The molecule has 0 aliphatic carbocycles. The first-order valence-electron chi connectivity index (χ1n) is 12.8. The maximum absolute atomic E-state index is 13.1. The lowest BCUT2D eigenvalue weighted by molar-refractivity contribution is -0.122. The predicted molar refractivity (Wildman–Crippen MR) is 163 cm³/mol. The molecule has 0 spiro atoms. The van der Waals surface area contributed by atoms with Crippen LogP contribution >= 0.6 is 11.8 Å². The largest absolute Gasteiger partial charge is 0.497 e. The lowest BCUT2D eigenvalue weighted by Crippen LogP contribution is -2.28. The molecule has 212 valence electrons. The van der Waals surface area contributed by atoms with E-state index in [0.717, 1.165) is 22.5 Å². The van der Waals surface area contributed by atoms with Crippen LogP contribution in [0.25, 0.3) is 10.8 Å². The van der Waals surface area contributed by atoms with Crippen LogP contribution in [0.5, 0.6) is 17.2 Å². The fraction of sp³-hybridized carbons (Fsp3) is 0.129. The standard InChI is InChI=1S/C31H26N4O6S/c1-39-22-13-11-21(12-14-22)33-28(36)17-27-29(37)34-31(42-27)35-32-18-19-10-15-25(40-2)26(16-19)41-30(38)24-9-5-7-20-6-3-4-8-23(20)24/h3-16,18,27H,17H2,1-2H3,(H,33,36)(H,34,35,37). The number of thioether (sulfide) groups is 1. The van der Waals surface area contributed by atoms with Crippen LogP contribution in [0.1, 0.15) is 22.3 Å². The predicted octanol–water partition coefficient (Wildman–Crippen LogP) is 5.03. The van der Waals surface area contributed by atoms with Crippen molar-refractivity contribution in [2.24, 2.45) is 10.2 Å². The number of nitrogens with one attached hydrogen (secondary N) is 2. The van der Waals surface area contributed by atoms with Crippen molar-refractivity contribution >= 4 is 57.4 Å². The number of rotatable bonds is 9. The lowest BCUT2D eigenvalue weighted by atomic mass is 10.0. The molecule has 1 atom stereocenters. The van der Waals surface area contributed by atoms with Gasteiger partial charge in [-0.3, -0.25) is 9.59 Å². The Morgan fingerprint density at radius 2 is 1.74 bits per heavy atom. The highest BCUT2D eigenvalue weighted by Crippen LogP contribution is 2.30. The maximum atomic E-state index is 13.1. The van der Waals surface area contributed by atoms with Crippen molar-refractivity contribution in [3.05, 3.63) is 96.1 Å². The van der Waals surface area contributed by atoms with E-state index in [1.807, 2.05) is 30.3 Å². The Labute approximate surface area is 245 Å². The van der Waals surface area contributed by atoms with Crippen molar-refractivity contribution in [1.82, 2.24) is 5.32 Å². The number of hydrogen-bond acceptors (Lipinski definition) is 9. The van der Waals surface area contributed by atoms with Gasteiger partial charge in [0.1, 0.15) is 11.0 Å². The molecule has 2 amide bonds. The number of nitrogens with zero attached hydrogens (tertiary/aromatic N) is 2. The number of methoxy groups -OCH3 is 2. The first-order chi connectivity index (χ1) is 20.4. The zero-order chi connectivity index (χ0) is 29.5. The Kier molecular flexibility index (Phi) is 8.78. The highest BCUT2D eigenvalue weighted by Gasteiger charge is 2.32. The third-order valence-corrected chi connectivity index (χ3v) is 7.35. The molecule has 0 aromatic heterocycles. The van der Waals surface area contributed by atoms with Gasteiger partial charge in [0.15, 0.2) is 16.7 Å². The van der Waals surface area contributed by atoms with Crippen molar-refractivity contribution in [2.45, 2.75) is 11.7 Å². The van der Waals surface area contributed by atoms with Gasteiger partial charge in [0, 0.05) is 12.1 Å². The fourth-order valence-corrected chi connectivity index (χ4v) is 5.12. The summed E-state index contributed by atoms with van der Waals surface area (Å²) < 4.78 is 16.2. The van der Waals surface area contributed by atoms with E-state index >= 15 is 0 Å². The number of amides is 2. The van der Waals surface area contributed by atoms with Gasteiger partial charge in [0.05, 0.1) is 26.0 Å². The summed E-state index contributed by atoms with van der Waals surface area (Å²) in [6.07, 6.45) is 1.42. The Morgan fingerprint density at radius 3 is 2.52 bits per heavy atom. The molecule has 11 heteroatoms. The number of ether oxygens (including phenoxy) is 3. The Morgan fingerprint density at radius 1 is 0.952 bits per heavy atom. The number of carbonyl (C=O) groups is 3. The van der Waals surface area contributed by atoms with Gasteiger partial charge < -0.3 is 24.8 Å². The minimum Gasteiger partial charge on any atom is -0.497 e. The van der Waals surface area contributed by atoms with Gasteiger partial charge in [0.25, 0.3) is 0 Å². The highest BCUT2D eigenvalue weighted by atomic mass is 32.2. The number of fused-ring (bicyclic) bond motifs is 1. The monoisotopic (exact) mass is 582 g/mol. The van der Waals surface area contributed by atoms with Gasteiger partial charge in [-0.2, -0.15) is 5.10 Å². The van der Waals surface area contributed by atoms with E-state index in [9.17, 15) is 14.4 Å². The topological polar surface area (TPSA) is 128 Å². The van der Waals surface area contributed by atoms with Gasteiger partial charge in [-0.05, 0) is 64.9 Å². The quantitative estimate of drug-likeness (QED) is 0.123. The summed E-state index contributed by atoms with van der Waals surface area (Å²) in [5.41, 5.74) is 1.62. The first kappa shape index (κ1) is 28.4. The average molecular weight is 583 g/mol. The van der Waals surface area contributed by atoms with Crippen LogP contribution in [0.4, 0.5) is 5.69 Å². The lowest BCUT2D eigenvalue weighted by Gasteiger charge is -2.11. The molecule has 0 saturated carbocycles. The van der Waals surface area contributed by atoms with Gasteiger partial charge in [-0.25, -0.2) is 4.79 Å². The summed E-state index contributed by atoms with van der Waals surface area (Å²) in [6, 6.07) is 24.9. The SMILES string of the molecule is COc1ccc(NC(=O)CC2S/C(=N\N=Cc3ccc(OC)c(OC(=O)c4cccc5ccccc45)c3)NC2=O)cc1. The van der Waals surface area contributed by atoms with Crippen LogP contribution in [-0.4, -0.2) is 48.6 Å². The Bertz CT molecular complexity index is 1700. The minimum atomic E-state index is -0.640. The van der Waals surface area contributed by atoms with E-state index < -0.39 is 11.2 Å². The summed E-state index contributed by atoms with van der Waals surface area (Å²) in [4.78, 5) is 37.9. The van der Waals surface area contributed by atoms with Crippen molar-refractivity contribution in [3.8, 4) is 17.2 Å². The normalized spacial score (nSPS) is 15.5. The molecule has 4 aromatic rings. The molecule has 1 fully saturated rings. The second-order valence-electron chi connectivity index (χ2n) is 9.05. The molecule has 10 nitrogen and oxygen atoms in total. The molecule has 0 radical (unpaired) electrons. The number of hydrogen-bond donors (Lipinski definition) is 2. The van der Waals surface area contributed by atoms with Crippen LogP contribution in [0.2, 0.25) is 0 Å². The molecule has 1 unspecified atom stereocenters. The zero-order valence-corrected chi connectivity index (χ0v) is 23.5. The van der Waals surface area contributed by atoms with Gasteiger partial charge >= 0.3 is 5.97 Å². The van der Waals surface area contributed by atoms with Crippen molar-refractivity contribution in [1.29, 1.82) is 0 Å². The van der Waals surface area contributed by atoms with Gasteiger partial charge in [-0.1, -0.05) is 48.2 Å². The van der Waals surface area contributed by atoms with Gasteiger partial charge in [-0.15, -0.1) is 5.10 Å². The molecular weight excluding hydrogens is 556 g/mol. The summed E-state index contributed by atoms with van der Waals surface area (Å²) in [6.45, 7) is 0. The molecule has 1 heterocycles. The molecule has 1 aliphatic heterocycles. The summed E-state index contributed by atoms with van der Waals surface area (Å²) >= 11 is 1.12. The Hall–Kier alpha value is -5.16. The highest BCUT2D eigenvalue weighted by molar-refractivity contribution is 8.15. The van der Waals surface area contributed by atoms with Crippen molar-refractivity contribution < 1.29 is 28.6 Å². The van der Waals surface area contributed by atoms with E-state index in [4.69, 9.17) is 14.2 Å². The maximum Gasteiger partial charge on any atom is 0.344 e. The second kappa shape index (κ2) is 13.0. The van der Waals surface area contributed by atoms with Crippen molar-refractivity contribution in [3.63, 3.8) is 0 Å². The number of benzene rings is 4. The van der Waals surface area contributed by atoms with Gasteiger partial charge in [0.2, 0.25) is 11.8 Å². The van der Waals surface area contributed by atoms with E-state index in [1.165, 1.54) is 13.3 Å². The van der Waals surface area contributed by atoms with E-state index in [-0.39, 0.29) is 29.2 Å². The van der Waals surface area contributed by atoms with E-state index in [0.29, 0.717) is 28.3 Å². The number of carbonyl (C=O) groups excluding carboxylic acids is 3. The molecular formula is C31H26N4O6S. The third kappa shape index (κ3) is 6.76. The van der Waals surface area contributed by atoms with Crippen LogP contribution in [-0.2, 0) is 9.59 Å². The molecule has 2 N–H and O–H groups in total. The third-order valence-electron chi connectivity index (χ3n) is 6.28. The summed E-state index contributed by atoms with van der Waals surface area (Å²) in [7, 11) is 3.05. The minimum absolute atomic E-state index is 0.0326. The Balaban J connectivity index is 1.22.